The van der Waals surface area contributed by atoms with Gasteiger partial charge in [0.05, 0.1) is 0 Å². The zero-order valence-corrected chi connectivity index (χ0v) is 17.8. The maximum Gasteiger partial charge on any atom is 0.319 e. The van der Waals surface area contributed by atoms with Crippen LogP contribution in [-0.4, -0.2) is 66.6 Å². The summed E-state index contributed by atoms with van der Waals surface area (Å²) in [5, 5.41) is 5.98. The molecule has 4 heterocycles. The van der Waals surface area contributed by atoms with E-state index < -0.39 is 0 Å². The number of piperidine rings is 3. The summed E-state index contributed by atoms with van der Waals surface area (Å²) in [5.41, 5.74) is 1.99. The summed E-state index contributed by atoms with van der Waals surface area (Å²) in [4.78, 5) is 21.7. The predicted molar refractivity (Wildman–Crippen MR) is 120 cm³/mol. The van der Waals surface area contributed by atoms with Gasteiger partial charge in [0, 0.05) is 56.2 Å². The summed E-state index contributed by atoms with van der Waals surface area (Å²) < 4.78 is 0. The van der Waals surface area contributed by atoms with Gasteiger partial charge in [-0.1, -0.05) is 24.3 Å². The number of para-hydroxylation sites is 1. The summed E-state index contributed by atoms with van der Waals surface area (Å²) in [6.07, 6.45) is 5.34. The molecule has 0 saturated carbocycles. The Morgan fingerprint density at radius 2 is 2.03 bits per heavy atom. The van der Waals surface area contributed by atoms with Crippen molar-refractivity contribution < 1.29 is 4.79 Å². The van der Waals surface area contributed by atoms with E-state index in [4.69, 9.17) is 0 Å². The number of urea groups is 1. The summed E-state index contributed by atoms with van der Waals surface area (Å²) in [6.45, 7) is 5.21. The van der Waals surface area contributed by atoms with Gasteiger partial charge < -0.3 is 15.5 Å². The van der Waals surface area contributed by atoms with Gasteiger partial charge in [0.15, 0.2) is 0 Å². The van der Waals surface area contributed by atoms with Crippen molar-refractivity contribution >= 4 is 11.7 Å². The molecule has 3 saturated heterocycles. The Labute approximate surface area is 179 Å². The van der Waals surface area contributed by atoms with Crippen molar-refractivity contribution in [1.29, 1.82) is 0 Å². The molecule has 6 heteroatoms. The molecule has 2 bridgehead atoms. The van der Waals surface area contributed by atoms with Crippen LogP contribution in [-0.2, 0) is 6.42 Å². The molecule has 1 unspecified atom stereocenters. The average Bonchev–Trinajstić information content (AvgIpc) is 2.78. The largest absolute Gasteiger partial charge is 0.336 e. The molecule has 1 aromatic heterocycles. The number of carbonyl (C=O) groups excluding carboxylic acids is 1. The lowest BCUT2D eigenvalue weighted by molar-refractivity contribution is -0.00803. The van der Waals surface area contributed by atoms with Gasteiger partial charge in [-0.3, -0.25) is 9.88 Å². The number of anilines is 1. The van der Waals surface area contributed by atoms with E-state index in [-0.39, 0.29) is 6.03 Å². The maximum absolute atomic E-state index is 12.2. The Morgan fingerprint density at radius 1 is 1.20 bits per heavy atom. The van der Waals surface area contributed by atoms with Gasteiger partial charge in [-0.2, -0.15) is 0 Å². The molecule has 3 fully saturated rings. The maximum atomic E-state index is 12.2. The second-order valence-electron chi connectivity index (χ2n) is 8.73. The van der Waals surface area contributed by atoms with Crippen LogP contribution in [0.4, 0.5) is 10.5 Å². The third-order valence-electron chi connectivity index (χ3n) is 6.57. The third kappa shape index (κ3) is 5.58. The summed E-state index contributed by atoms with van der Waals surface area (Å²) in [7, 11) is 2.23. The van der Waals surface area contributed by atoms with Crippen LogP contribution in [0.1, 0.15) is 18.5 Å². The van der Waals surface area contributed by atoms with Gasteiger partial charge in [0.25, 0.3) is 0 Å². The summed E-state index contributed by atoms with van der Waals surface area (Å²) >= 11 is 0. The number of hydrogen-bond acceptors (Lipinski definition) is 4. The fraction of sp³-hybridized carbons (Fsp3) is 0.500. The zero-order valence-electron chi connectivity index (χ0n) is 17.8. The number of amides is 2. The van der Waals surface area contributed by atoms with E-state index in [1.807, 2.05) is 42.6 Å². The highest BCUT2D eigenvalue weighted by Gasteiger charge is 2.40. The van der Waals surface area contributed by atoms with Crippen LogP contribution >= 0.6 is 0 Å². The molecule has 2 amide bonds. The van der Waals surface area contributed by atoms with Crippen LogP contribution in [0.3, 0.4) is 0 Å². The highest BCUT2D eigenvalue weighted by molar-refractivity contribution is 5.89. The van der Waals surface area contributed by atoms with Gasteiger partial charge >= 0.3 is 6.03 Å². The molecule has 30 heavy (non-hydrogen) atoms. The van der Waals surface area contributed by atoms with E-state index in [2.05, 4.69) is 44.6 Å². The molecule has 3 aliphatic rings. The zero-order chi connectivity index (χ0) is 20.8. The first-order chi connectivity index (χ1) is 14.7. The molecule has 4 atom stereocenters. The van der Waals surface area contributed by atoms with Gasteiger partial charge in [-0.25, -0.2) is 4.79 Å². The molecule has 2 aromatic rings. The minimum absolute atomic E-state index is 0.116. The van der Waals surface area contributed by atoms with E-state index >= 15 is 0 Å². The SMILES string of the molecule is CN(CCc1ccccn1)C[C@@H]1CN2CC[C@H]1C[C@@H]2CNC(=O)Nc1ccccc1. The van der Waals surface area contributed by atoms with Crippen LogP contribution in [0.25, 0.3) is 0 Å². The highest BCUT2D eigenvalue weighted by atomic mass is 16.2. The number of hydrogen-bond donors (Lipinski definition) is 2. The molecule has 0 radical (unpaired) electrons. The molecule has 3 aliphatic heterocycles. The Balaban J connectivity index is 1.20. The number of fused-ring (bicyclic) bond motifs is 3. The molecule has 0 aliphatic carbocycles. The Bertz CT molecular complexity index is 800. The number of carbonyl (C=O) groups is 1. The Kier molecular flexibility index (Phi) is 6.97. The van der Waals surface area contributed by atoms with Crippen LogP contribution in [0.5, 0.6) is 0 Å². The van der Waals surface area contributed by atoms with Crippen LogP contribution in [0.2, 0.25) is 0 Å². The Morgan fingerprint density at radius 3 is 2.77 bits per heavy atom. The number of rotatable bonds is 8. The van der Waals surface area contributed by atoms with E-state index in [1.54, 1.807) is 0 Å². The quantitative estimate of drug-likeness (QED) is 0.706. The lowest BCUT2D eigenvalue weighted by Crippen LogP contribution is -2.58. The smallest absolute Gasteiger partial charge is 0.319 e. The van der Waals surface area contributed by atoms with Crippen molar-refractivity contribution in [3.05, 3.63) is 60.4 Å². The van der Waals surface area contributed by atoms with Gasteiger partial charge in [0.2, 0.25) is 0 Å². The summed E-state index contributed by atoms with van der Waals surface area (Å²) in [6, 6.07) is 16.1. The second-order valence-corrected chi connectivity index (χ2v) is 8.73. The van der Waals surface area contributed by atoms with Gasteiger partial charge in [-0.05, 0) is 62.5 Å². The van der Waals surface area contributed by atoms with E-state index in [9.17, 15) is 4.79 Å². The average molecular weight is 408 g/mol. The number of aromatic nitrogens is 1. The minimum Gasteiger partial charge on any atom is -0.336 e. The highest BCUT2D eigenvalue weighted by Crippen LogP contribution is 2.36. The lowest BCUT2D eigenvalue weighted by atomic mass is 9.75. The van der Waals surface area contributed by atoms with Crippen LogP contribution in [0, 0.1) is 11.8 Å². The van der Waals surface area contributed by atoms with Crippen molar-refractivity contribution in [2.45, 2.75) is 25.3 Å². The number of nitrogens with one attached hydrogen (secondary N) is 2. The monoisotopic (exact) mass is 407 g/mol. The second kappa shape index (κ2) is 10.0. The van der Waals surface area contributed by atoms with E-state index in [1.165, 1.54) is 12.8 Å². The molecule has 0 spiro atoms. The van der Waals surface area contributed by atoms with Gasteiger partial charge in [0.1, 0.15) is 0 Å². The first kappa shape index (κ1) is 20.8. The minimum atomic E-state index is -0.116. The molecular weight excluding hydrogens is 374 g/mol. The fourth-order valence-electron chi connectivity index (χ4n) is 4.92. The first-order valence-electron chi connectivity index (χ1n) is 11.1. The number of pyridine rings is 1. The topological polar surface area (TPSA) is 60.5 Å². The van der Waals surface area contributed by atoms with Crippen molar-refractivity contribution in [3.8, 4) is 0 Å². The van der Waals surface area contributed by atoms with E-state index in [0.717, 1.165) is 62.4 Å². The van der Waals surface area contributed by atoms with E-state index in [0.29, 0.717) is 6.04 Å². The molecule has 160 valence electrons. The number of likely N-dealkylation sites (N-methyl/N-ethyl adjacent to an activating group) is 1. The molecule has 2 N–H and O–H groups in total. The van der Waals surface area contributed by atoms with Crippen molar-refractivity contribution in [3.63, 3.8) is 0 Å². The number of benzene rings is 1. The van der Waals surface area contributed by atoms with Crippen molar-refractivity contribution in [2.24, 2.45) is 11.8 Å². The molecule has 6 nitrogen and oxygen atoms in total. The fourth-order valence-corrected chi connectivity index (χ4v) is 4.92. The molecule has 5 rings (SSSR count). The van der Waals surface area contributed by atoms with Crippen LogP contribution < -0.4 is 10.6 Å². The van der Waals surface area contributed by atoms with Crippen LogP contribution in [0.15, 0.2) is 54.7 Å². The Hall–Kier alpha value is -2.44. The van der Waals surface area contributed by atoms with Crippen molar-refractivity contribution in [2.75, 3.05) is 45.1 Å². The first-order valence-corrected chi connectivity index (χ1v) is 11.1. The summed E-state index contributed by atoms with van der Waals surface area (Å²) in [5.74, 6) is 1.48. The predicted octanol–water partition coefficient (Wildman–Crippen LogP) is 3.09. The third-order valence-corrected chi connectivity index (χ3v) is 6.57. The molecule has 1 aromatic carbocycles. The number of nitrogens with zero attached hydrogens (tertiary/aromatic N) is 3. The standard InChI is InChI=1S/C24H33N5O/c1-28(13-11-21-7-5-6-12-25-21)17-20-18-29-14-10-19(20)15-23(29)16-26-24(30)27-22-8-3-2-4-9-22/h2-9,12,19-20,23H,10-11,13-18H2,1H3,(H2,26,27,30)/t19-,20+,23+/m0/s1. The van der Waals surface area contributed by atoms with Gasteiger partial charge in [-0.15, -0.1) is 0 Å². The van der Waals surface area contributed by atoms with Crippen molar-refractivity contribution in [1.82, 2.24) is 20.1 Å². The normalized spacial score (nSPS) is 25.3. The lowest BCUT2D eigenvalue weighted by Gasteiger charge is -2.50. The molecular formula is C24H33N5O.